The number of hydrogen-bond acceptors (Lipinski definition) is 18. The molecule has 474 valence electrons. The summed E-state index contributed by atoms with van der Waals surface area (Å²) in [5.74, 6) is -7.95. The number of aliphatic carboxylic acids is 1. The molecule has 24 N–H and O–H groups in total. The largest absolute Gasteiger partial charge is 0.480 e. The number of H-pyrrole nitrogens is 1. The van der Waals surface area contributed by atoms with Crippen LogP contribution in [0.25, 0.3) is 0 Å². The zero-order chi connectivity index (χ0) is 62.3. The van der Waals surface area contributed by atoms with Crippen LogP contribution in [0.1, 0.15) is 135 Å². The summed E-state index contributed by atoms with van der Waals surface area (Å²) in [6.07, 6.45) is 6.72. The lowest BCUT2D eigenvalue weighted by Gasteiger charge is -2.34. The normalized spacial score (nSPS) is 18.1. The third-order valence-electron chi connectivity index (χ3n) is 14.7. The van der Waals surface area contributed by atoms with Gasteiger partial charge in [-0.05, 0) is 156 Å². The third-order valence-corrected chi connectivity index (χ3v) is 14.7. The number of aromatic nitrogens is 2. The number of aliphatic imine (C=N–C) groups is 1. The molecule has 31 nitrogen and oxygen atoms in total. The van der Waals surface area contributed by atoms with Gasteiger partial charge in [0.25, 0.3) is 0 Å². The van der Waals surface area contributed by atoms with Gasteiger partial charge in [0.05, 0.1) is 18.5 Å². The molecule has 2 aliphatic rings. The lowest BCUT2D eigenvalue weighted by molar-refractivity contribution is -0.149. The fraction of sp³-hybridized carbons (Fsp3) is 0.736. The lowest BCUT2D eigenvalue weighted by Crippen LogP contribution is -2.61. The quantitative estimate of drug-likeness (QED) is 0.0166. The van der Waals surface area contributed by atoms with E-state index in [0.717, 1.165) is 0 Å². The summed E-state index contributed by atoms with van der Waals surface area (Å²) in [7, 11) is 0. The Labute approximate surface area is 490 Å². The fourth-order valence-electron chi connectivity index (χ4n) is 9.90. The molecule has 3 heterocycles. The number of likely N-dealkylation sites (tertiary alicyclic amines) is 2. The first kappa shape index (κ1) is 71.2. The highest BCUT2D eigenvalue weighted by atomic mass is 16.4. The molecule has 0 aromatic carbocycles. The van der Waals surface area contributed by atoms with E-state index < -0.39 is 126 Å². The topological polar surface area (TPSA) is 525 Å². The summed E-state index contributed by atoms with van der Waals surface area (Å²) in [6, 6.07) is -12.2. The van der Waals surface area contributed by atoms with Crippen LogP contribution in [0.5, 0.6) is 0 Å². The number of guanidine groups is 1. The van der Waals surface area contributed by atoms with Gasteiger partial charge in [0.2, 0.25) is 53.2 Å². The highest BCUT2D eigenvalue weighted by molar-refractivity contribution is 5.99. The molecule has 9 amide bonds. The standard InChI is InChI=1S/C53H95N19O12/c1-31(64-44(75)34(58)28-33-29-61-30-63-33)43(74)70-42(32(2)73)51(82)72-27-13-20-41(72)50(81)71-26-12-19-40(71)49(80)68-37(16-5-9-23-56)47(78)66-35(14-3-7-21-54)45(76)65-36(15-4-8-22-55)46(77)67-38(18-11-25-62-53(59)60)48(79)69-39(52(83)84)17-6-10-24-57/h29-32,34-42,73H,3-28,54-58H2,1-2H3,(H,61,63)(H,64,75)(H,65,76)(H,66,78)(H,67,77)(H,68,80)(H,69,79)(H,70,74)(H,83,84)(H4,59,60,62)/t31-,32+,34-,35-,36-,37-,38-,39-,40-,41-,42-/m0/s1. The Morgan fingerprint density at radius 1 is 0.607 bits per heavy atom. The zero-order valence-electron chi connectivity index (χ0n) is 48.7. The van der Waals surface area contributed by atoms with E-state index in [4.69, 9.17) is 40.1 Å². The summed E-state index contributed by atoms with van der Waals surface area (Å²) in [6.45, 7) is 4.12. The van der Waals surface area contributed by atoms with Crippen molar-refractivity contribution in [1.29, 1.82) is 0 Å². The van der Waals surface area contributed by atoms with Gasteiger partial charge in [0.1, 0.15) is 54.4 Å². The highest BCUT2D eigenvalue weighted by Crippen LogP contribution is 2.26. The number of aliphatic hydroxyl groups is 1. The smallest absolute Gasteiger partial charge is 0.326 e. The van der Waals surface area contributed by atoms with Crippen LogP contribution in [0.15, 0.2) is 17.5 Å². The van der Waals surface area contributed by atoms with E-state index in [2.05, 4.69) is 52.2 Å². The first-order valence-electron chi connectivity index (χ1n) is 29.3. The van der Waals surface area contributed by atoms with E-state index in [1.165, 1.54) is 36.2 Å². The molecule has 84 heavy (non-hydrogen) atoms. The molecule has 0 saturated carbocycles. The van der Waals surface area contributed by atoms with Crippen molar-refractivity contribution in [3.63, 3.8) is 0 Å². The van der Waals surface area contributed by atoms with E-state index in [1.807, 2.05) is 0 Å². The van der Waals surface area contributed by atoms with Crippen LogP contribution in [0.3, 0.4) is 0 Å². The number of carbonyl (C=O) groups excluding carboxylic acids is 9. The molecular formula is C53H95N19O12. The van der Waals surface area contributed by atoms with Crippen molar-refractivity contribution in [2.45, 2.75) is 202 Å². The van der Waals surface area contributed by atoms with E-state index in [9.17, 15) is 58.2 Å². The molecule has 0 unspecified atom stereocenters. The molecule has 0 spiro atoms. The third kappa shape index (κ3) is 23.9. The monoisotopic (exact) mass is 1190 g/mol. The summed E-state index contributed by atoms with van der Waals surface area (Å²) in [5.41, 5.74) is 40.6. The van der Waals surface area contributed by atoms with Crippen LogP contribution in [0.2, 0.25) is 0 Å². The summed E-state index contributed by atoms with van der Waals surface area (Å²) >= 11 is 0. The van der Waals surface area contributed by atoms with E-state index in [-0.39, 0.29) is 103 Å². The Hall–Kier alpha value is -7.06. The first-order valence-corrected chi connectivity index (χ1v) is 29.3. The van der Waals surface area contributed by atoms with Crippen molar-refractivity contribution >= 4 is 65.1 Å². The minimum absolute atomic E-state index is 0.0193. The summed E-state index contributed by atoms with van der Waals surface area (Å²) < 4.78 is 0. The predicted octanol–water partition coefficient (Wildman–Crippen LogP) is -5.29. The van der Waals surface area contributed by atoms with Gasteiger partial charge in [-0.3, -0.25) is 48.1 Å². The van der Waals surface area contributed by atoms with Crippen LogP contribution in [0, 0.1) is 0 Å². The van der Waals surface area contributed by atoms with Gasteiger partial charge < -0.3 is 102 Å². The van der Waals surface area contributed by atoms with Gasteiger partial charge in [-0.25, -0.2) is 9.78 Å². The molecule has 31 heteroatoms. The number of rotatable bonds is 40. The van der Waals surface area contributed by atoms with Gasteiger partial charge in [-0.1, -0.05) is 0 Å². The number of unbranched alkanes of at least 4 members (excludes halogenated alkanes) is 4. The molecule has 2 saturated heterocycles. The number of aliphatic hydroxyl groups excluding tert-OH is 1. The van der Waals surface area contributed by atoms with E-state index >= 15 is 0 Å². The Bertz CT molecular complexity index is 2310. The number of nitrogens with zero attached hydrogens (tertiary/aromatic N) is 4. The molecule has 2 aliphatic heterocycles. The maximum Gasteiger partial charge on any atom is 0.326 e. The summed E-state index contributed by atoms with van der Waals surface area (Å²) in [4.78, 5) is 151. The molecule has 11 atom stereocenters. The fourth-order valence-corrected chi connectivity index (χ4v) is 9.90. The average Bonchev–Trinajstić information content (AvgIpc) is 3.02. The SMILES string of the molecule is C[C@H](NC(=O)[C@@H](N)Cc1cnc[nH]1)C(=O)N[C@H](C(=O)N1CCC[C@H]1C(=O)N1CCC[C@H]1C(=O)N[C@@H](CCCCN)C(=O)N[C@@H](CCCCN)C(=O)N[C@@H](CCCCN)C(=O)N[C@@H](CCCN=C(N)N)C(=O)N[C@@H](CCCCN)C(=O)O)[C@@H](C)O. The number of hydrogen-bond donors (Lipinski definition) is 17. The minimum Gasteiger partial charge on any atom is -0.480 e. The van der Waals surface area contributed by atoms with Crippen LogP contribution >= 0.6 is 0 Å². The van der Waals surface area contributed by atoms with Crippen molar-refractivity contribution in [2.24, 2.45) is 45.1 Å². The maximum atomic E-state index is 14.5. The van der Waals surface area contributed by atoms with Gasteiger partial charge in [-0.2, -0.15) is 0 Å². The van der Waals surface area contributed by atoms with Crippen LogP contribution in [0.4, 0.5) is 0 Å². The molecule has 1 aromatic rings. The lowest BCUT2D eigenvalue weighted by atomic mass is 10.0. The number of amides is 9. The van der Waals surface area contributed by atoms with Crippen LogP contribution in [-0.4, -0.2) is 207 Å². The number of carboxylic acids is 1. The van der Waals surface area contributed by atoms with Crippen LogP contribution in [-0.2, 0) is 54.4 Å². The number of imidazole rings is 1. The highest BCUT2D eigenvalue weighted by Gasteiger charge is 2.45. The second kappa shape index (κ2) is 38.0. The van der Waals surface area contributed by atoms with Crippen molar-refractivity contribution in [1.82, 2.24) is 57.0 Å². The van der Waals surface area contributed by atoms with Crippen molar-refractivity contribution in [2.75, 3.05) is 45.8 Å². The molecule has 0 bridgehead atoms. The number of carboxylic acid groups (broad SMARTS) is 1. The van der Waals surface area contributed by atoms with Gasteiger partial charge in [0.15, 0.2) is 5.96 Å². The Morgan fingerprint density at radius 2 is 1.06 bits per heavy atom. The molecule has 3 rings (SSSR count). The predicted molar refractivity (Wildman–Crippen MR) is 310 cm³/mol. The second-order valence-corrected chi connectivity index (χ2v) is 21.5. The molecule has 0 radical (unpaired) electrons. The second-order valence-electron chi connectivity index (χ2n) is 21.5. The summed E-state index contributed by atoms with van der Waals surface area (Å²) in [5, 5.41) is 39.2. The van der Waals surface area contributed by atoms with E-state index in [1.54, 1.807) is 0 Å². The molecule has 2 fully saturated rings. The zero-order valence-corrected chi connectivity index (χ0v) is 48.7. The maximum absolute atomic E-state index is 14.5. The Balaban J connectivity index is 1.81. The average molecular weight is 1190 g/mol. The van der Waals surface area contributed by atoms with Crippen molar-refractivity contribution in [3.05, 3.63) is 18.2 Å². The number of nitrogens with one attached hydrogen (secondary N) is 8. The molecule has 1 aromatic heterocycles. The molecular weight excluding hydrogens is 1090 g/mol. The Morgan fingerprint density at radius 3 is 1.51 bits per heavy atom. The van der Waals surface area contributed by atoms with Gasteiger partial charge in [0, 0.05) is 37.9 Å². The number of nitrogens with two attached hydrogens (primary N) is 7. The van der Waals surface area contributed by atoms with Crippen molar-refractivity contribution in [3.8, 4) is 0 Å². The Kier molecular flexibility index (Phi) is 32.2. The van der Waals surface area contributed by atoms with E-state index in [0.29, 0.717) is 76.4 Å². The van der Waals surface area contributed by atoms with Gasteiger partial charge in [-0.15, -0.1) is 0 Å². The molecule has 0 aliphatic carbocycles. The van der Waals surface area contributed by atoms with Gasteiger partial charge >= 0.3 is 5.97 Å². The van der Waals surface area contributed by atoms with Crippen LogP contribution < -0.4 is 77.4 Å². The number of carbonyl (C=O) groups is 10. The first-order chi connectivity index (χ1) is 40.1. The van der Waals surface area contributed by atoms with Crippen molar-refractivity contribution < 1.29 is 58.2 Å². The minimum atomic E-state index is -1.52. The number of aromatic amines is 1.